The third-order valence-electron chi connectivity index (χ3n) is 31.8. The second-order valence-electron chi connectivity index (χ2n) is 44.1. The van der Waals surface area contributed by atoms with Crippen LogP contribution >= 0.6 is 0 Å². The van der Waals surface area contributed by atoms with Crippen LogP contribution in [0.1, 0.15) is 531 Å². The van der Waals surface area contributed by atoms with E-state index in [1.807, 2.05) is 27.7 Å². The fourth-order valence-electron chi connectivity index (χ4n) is 15.0. The minimum atomic E-state index is -4.31. The number of ketones is 1. The van der Waals surface area contributed by atoms with Gasteiger partial charge in [0.1, 0.15) is 15.6 Å². The maximum atomic E-state index is 12.8. The van der Waals surface area contributed by atoms with Crippen molar-refractivity contribution >= 4 is 15.6 Å². The van der Waals surface area contributed by atoms with Crippen molar-refractivity contribution in [3.63, 3.8) is 0 Å². The van der Waals surface area contributed by atoms with E-state index in [-0.39, 0.29) is 82.9 Å². The summed E-state index contributed by atoms with van der Waals surface area (Å²) in [7, 11) is -2.82. The van der Waals surface area contributed by atoms with Gasteiger partial charge in [-0.3, -0.25) is 0 Å². The predicted molar refractivity (Wildman–Crippen MR) is 558 cm³/mol. The van der Waals surface area contributed by atoms with E-state index in [1.165, 1.54) is 142 Å². The minimum Gasteiger partial charge on any atom is -0.396 e. The lowest BCUT2D eigenvalue weighted by atomic mass is 9.71. The summed E-state index contributed by atoms with van der Waals surface area (Å²) < 4.78 is 60.7. The molecular formula is C111H241F3O11S. The van der Waals surface area contributed by atoms with Gasteiger partial charge in [-0.1, -0.05) is 413 Å². The van der Waals surface area contributed by atoms with Crippen molar-refractivity contribution in [3.05, 3.63) is 0 Å². The maximum Gasteiger partial charge on any atom is 0.396 e. The van der Waals surface area contributed by atoms with Gasteiger partial charge in [0.15, 0.2) is 0 Å². The number of hydrogen-bond donors (Lipinski definition) is 8. The van der Waals surface area contributed by atoms with Crippen LogP contribution < -0.4 is 0 Å². The number of aliphatic hydroxyl groups excluding tert-OH is 8. The standard InChI is InChI=1S/C13H26O.C12H26O2S.5C11H24O.C10H19F3O.C10H22O.C9H20O.2CH4/c1-6-7-9-13(5,11(2)3)10-8-12(4)14;1-6-7-8-12(4,11(2)3)9-10-15(5,13)14;3*1-6-7-8-11(5,9(2)3)10(4)12;1-5-6-7-8-11(4,9-12)10(2)3;1-5-7-8-11(6-2,9-12)10(3)4;1-4-5-6-9(7-14,8(2)3)10(11,12)13;1-5-6-7-10(4,8-11)9(2)3;1-5-6-9(4,7-10)8(2)3;;/h11H,6-10H2,1-5H3;11H,6-10H2,1-5H3;3*9-10,12H,6-8H2,1-5H3;2*10,12H,5-9H2,1-4H3;8,14H,4-7H2,1-3H3;9,11H,5-8H2,1-4H3;8,10H,5-7H2,1-4H3;2*1H4/t;;2*10-,11?;;;;;;;;/m..10......../s1. The molecule has 0 aromatic rings. The molecule has 126 heavy (non-hydrogen) atoms. The fraction of sp³-hybridized carbons (Fsp3) is 0.991. The lowest BCUT2D eigenvalue weighted by molar-refractivity contribution is -0.254. The third-order valence-corrected chi connectivity index (χ3v) is 32.8. The predicted octanol–water partition coefficient (Wildman–Crippen LogP) is 33.5. The molecule has 0 aromatic carbocycles. The molecule has 11 nitrogen and oxygen atoms in total. The highest BCUT2D eigenvalue weighted by Gasteiger charge is 2.55. The van der Waals surface area contributed by atoms with E-state index in [9.17, 15) is 57.0 Å². The summed E-state index contributed by atoms with van der Waals surface area (Å²) in [5.41, 5.74) is -0.415. The van der Waals surface area contributed by atoms with Gasteiger partial charge in [0.25, 0.3) is 0 Å². The van der Waals surface area contributed by atoms with Crippen molar-refractivity contribution in [1.29, 1.82) is 0 Å². The molecular weight excluding hydrogens is 1600 g/mol. The second-order valence-corrected chi connectivity index (χ2v) is 46.4. The molecule has 778 valence electrons. The average Bonchev–Trinajstić information content (AvgIpc) is 0.790. The Bertz CT molecular complexity index is 2330. The number of rotatable bonds is 55. The number of sulfone groups is 1. The molecule has 0 aliphatic carbocycles. The van der Waals surface area contributed by atoms with Gasteiger partial charge in [-0.2, -0.15) is 13.2 Å². The Labute approximate surface area is 792 Å². The molecule has 0 aromatic heterocycles. The normalized spacial score (nSPS) is 17.1. The van der Waals surface area contributed by atoms with Gasteiger partial charge >= 0.3 is 6.18 Å². The molecule has 0 heterocycles. The Balaban J connectivity index is -0.000000115. The summed E-state index contributed by atoms with van der Waals surface area (Å²) in [5.74, 6) is 5.31. The summed E-state index contributed by atoms with van der Waals surface area (Å²) in [6.45, 7) is 92.1. The Morgan fingerprint density at radius 2 is 0.532 bits per heavy atom. The first-order valence-corrected chi connectivity index (χ1v) is 53.5. The van der Waals surface area contributed by atoms with E-state index >= 15 is 0 Å². The van der Waals surface area contributed by atoms with E-state index in [1.54, 1.807) is 6.92 Å². The third kappa shape index (κ3) is 65.7. The topological polar surface area (TPSA) is 213 Å². The minimum absolute atomic E-state index is 0. The Morgan fingerprint density at radius 1 is 0.286 bits per heavy atom. The first-order valence-electron chi connectivity index (χ1n) is 51.4. The largest absolute Gasteiger partial charge is 0.396 e. The molecule has 0 aliphatic heterocycles. The first-order chi connectivity index (χ1) is 56.6. The molecule has 8 N–H and O–H groups in total. The molecule has 0 fully saturated rings. The van der Waals surface area contributed by atoms with Gasteiger partial charge in [0.2, 0.25) is 0 Å². The van der Waals surface area contributed by atoms with Crippen LogP contribution in [-0.4, -0.2) is 125 Å². The fourth-order valence-corrected chi connectivity index (χ4v) is 15.9. The number of carbonyl (C=O) groups is 1. The van der Waals surface area contributed by atoms with E-state index in [0.29, 0.717) is 109 Å². The average molecular weight is 1840 g/mol. The molecule has 0 radical (unpaired) electrons. The van der Waals surface area contributed by atoms with Crippen LogP contribution in [-0.2, 0) is 14.6 Å². The molecule has 0 aliphatic rings. The van der Waals surface area contributed by atoms with Gasteiger partial charge in [0.05, 0.1) is 36.1 Å². The zero-order chi connectivity index (χ0) is 100. The van der Waals surface area contributed by atoms with Crippen molar-refractivity contribution in [3.8, 4) is 0 Å². The first kappa shape index (κ1) is 151. The van der Waals surface area contributed by atoms with Crippen LogP contribution in [0, 0.1) is 113 Å². The Kier molecular flexibility index (Phi) is 95.9. The lowest BCUT2D eigenvalue weighted by Gasteiger charge is -2.37. The van der Waals surface area contributed by atoms with Crippen molar-refractivity contribution < 1.29 is 67.2 Å². The maximum absolute atomic E-state index is 12.8. The van der Waals surface area contributed by atoms with Crippen LogP contribution in [0.5, 0.6) is 0 Å². The van der Waals surface area contributed by atoms with Crippen LogP contribution in [0.25, 0.3) is 0 Å². The number of aliphatic hydroxyl groups is 8. The number of halogens is 3. The van der Waals surface area contributed by atoms with Gasteiger partial charge < -0.3 is 45.6 Å². The van der Waals surface area contributed by atoms with Gasteiger partial charge in [-0.05, 0) is 219 Å². The van der Waals surface area contributed by atoms with Crippen LogP contribution in [0.15, 0.2) is 0 Å². The highest BCUT2D eigenvalue weighted by Crippen LogP contribution is 2.48. The summed E-state index contributed by atoms with van der Waals surface area (Å²) in [4.78, 5) is 11.0. The Morgan fingerprint density at radius 3 is 0.714 bits per heavy atom. The Hall–Kier alpha value is -0.910. The molecule has 0 saturated heterocycles. The zero-order valence-electron chi connectivity index (χ0n) is 92.1. The van der Waals surface area contributed by atoms with Crippen molar-refractivity contribution in [2.75, 3.05) is 45.0 Å². The van der Waals surface area contributed by atoms with Gasteiger partial charge in [-0.25, -0.2) is 8.42 Å². The van der Waals surface area contributed by atoms with Crippen LogP contribution in [0.4, 0.5) is 13.2 Å². The molecule has 15 heteroatoms. The number of carbonyl (C=O) groups excluding carboxylic acids is 1. The summed E-state index contributed by atoms with van der Waals surface area (Å²) in [6, 6.07) is 0. The molecule has 13 atom stereocenters. The summed E-state index contributed by atoms with van der Waals surface area (Å²) >= 11 is 0. The lowest BCUT2D eigenvalue weighted by Crippen LogP contribution is -2.45. The van der Waals surface area contributed by atoms with Crippen LogP contribution in [0.2, 0.25) is 0 Å². The number of hydrogen-bond acceptors (Lipinski definition) is 11. The van der Waals surface area contributed by atoms with Crippen molar-refractivity contribution in [2.24, 2.45) is 113 Å². The summed E-state index contributed by atoms with van der Waals surface area (Å²) in [6.07, 6.45) is 33.9. The van der Waals surface area contributed by atoms with Crippen molar-refractivity contribution in [2.45, 2.75) is 555 Å². The summed E-state index contributed by atoms with van der Waals surface area (Å²) in [5, 5.41) is 74.9. The molecule has 0 amide bonds. The van der Waals surface area contributed by atoms with Gasteiger partial charge in [0, 0.05) is 39.1 Å². The SMILES string of the molecule is C.C.CCCC(C)(CO)C(C)C.CCCCC(C)(C(C)C)C(C)O.CCCCC(C)(C(C)C)[C@@H](C)O.CCCCC(C)(C(C)C)[C@H](C)O.CCCCC(C)(CCC(C)=O)C(C)C.CCCCC(C)(CCS(C)(=O)=O)C(C)C.CCCCC(C)(CO)C(C)C.CCCCC(CC)(CO)C(C)C.CCCCC(CO)(C(C)C)C(F)(F)F.CCCCCC(C)(CO)C(C)C. The highest BCUT2D eigenvalue weighted by atomic mass is 32.2. The van der Waals surface area contributed by atoms with E-state index < -0.39 is 34.0 Å². The molecule has 0 spiro atoms. The van der Waals surface area contributed by atoms with E-state index in [4.69, 9.17) is 10.2 Å². The monoisotopic (exact) mass is 1840 g/mol. The van der Waals surface area contributed by atoms with Gasteiger partial charge in [-0.15, -0.1) is 0 Å². The molecule has 11 unspecified atom stereocenters. The number of Topliss-reactive ketones (excluding diaryl/α,β-unsaturated/α-hetero) is 1. The second kappa shape index (κ2) is 80.2. The highest BCUT2D eigenvalue weighted by molar-refractivity contribution is 7.90. The van der Waals surface area contributed by atoms with E-state index in [2.05, 4.69) is 249 Å². The zero-order valence-corrected chi connectivity index (χ0v) is 93.0. The van der Waals surface area contributed by atoms with Crippen molar-refractivity contribution in [1.82, 2.24) is 0 Å². The van der Waals surface area contributed by atoms with Crippen LogP contribution in [0.3, 0.4) is 0 Å². The smallest absolute Gasteiger partial charge is 0.396 e. The number of unbranched alkanes of at least 4 members (excludes halogenated alkanes) is 10. The molecule has 0 saturated carbocycles. The molecule has 0 rings (SSSR count). The number of alkyl halides is 3. The molecule has 0 bridgehead atoms. The quantitative estimate of drug-likeness (QED) is 0.0268. The van der Waals surface area contributed by atoms with E-state index in [0.717, 1.165) is 77.0 Å².